The van der Waals surface area contributed by atoms with Crippen LogP contribution in [0.15, 0.2) is 109 Å². The fourth-order valence-corrected chi connectivity index (χ4v) is 7.71. The third-order valence-corrected chi connectivity index (χ3v) is 10.8. The number of carboxylic acid groups (broad SMARTS) is 1. The van der Waals surface area contributed by atoms with Gasteiger partial charge in [0.2, 0.25) is 11.8 Å². The highest BCUT2D eigenvalue weighted by atomic mass is 35.5. The molecule has 2 aromatic heterocycles. The van der Waals surface area contributed by atoms with Crippen LogP contribution < -0.4 is 16.3 Å². The molecule has 0 spiro atoms. The van der Waals surface area contributed by atoms with Crippen LogP contribution in [0, 0.1) is 0 Å². The van der Waals surface area contributed by atoms with Crippen LogP contribution in [0.5, 0.6) is 0 Å². The molecule has 0 saturated carbocycles. The van der Waals surface area contributed by atoms with Crippen LogP contribution in [-0.2, 0) is 68.0 Å². The van der Waals surface area contributed by atoms with Crippen LogP contribution >= 0.6 is 11.8 Å². The first-order valence-electron chi connectivity index (χ1n) is 21.1. The van der Waals surface area contributed by atoms with Crippen LogP contribution in [-0.4, -0.2) is 62.6 Å². The summed E-state index contributed by atoms with van der Waals surface area (Å²) in [4.78, 5) is 84.1. The minimum Gasteiger partial charge on any atom is -0.575 e. The summed E-state index contributed by atoms with van der Waals surface area (Å²) in [5.41, 5.74) is 11.9. The predicted octanol–water partition coefficient (Wildman–Crippen LogP) is 7.31. The molecule has 4 heterocycles. The van der Waals surface area contributed by atoms with Crippen molar-refractivity contribution in [2.24, 2.45) is 0 Å². The van der Waals surface area contributed by atoms with Crippen LogP contribution in [0.4, 0.5) is 0 Å². The number of amides is 3. The molecule has 64 heavy (non-hydrogen) atoms. The van der Waals surface area contributed by atoms with Crippen molar-refractivity contribution < 1.29 is 43.5 Å². The van der Waals surface area contributed by atoms with Gasteiger partial charge >= 0.3 is 5.97 Å². The van der Waals surface area contributed by atoms with E-state index in [1.54, 1.807) is 12.4 Å². The largest absolute Gasteiger partial charge is 0.575 e. The molecule has 0 unspecified atom stereocenters. The number of carbonyl (C=O) groups is 6. The summed E-state index contributed by atoms with van der Waals surface area (Å²) in [7, 11) is 0. The van der Waals surface area contributed by atoms with Crippen molar-refractivity contribution in [2.45, 2.75) is 77.7 Å². The van der Waals surface area contributed by atoms with E-state index in [-0.39, 0.29) is 31.4 Å². The maximum atomic E-state index is 12.7. The number of para-hydroxylation sites is 2. The van der Waals surface area contributed by atoms with Crippen LogP contribution in [0.25, 0.3) is 26.6 Å². The van der Waals surface area contributed by atoms with Gasteiger partial charge in [-0.1, -0.05) is 103 Å². The molecule has 334 valence electrons. The number of rotatable bonds is 18. The molecule has 2 aliphatic rings. The minimum absolute atomic E-state index is 0.156. The molecule has 0 atom stereocenters. The Hall–Kier alpha value is -6.65. The highest BCUT2D eigenvalue weighted by Gasteiger charge is 2.25. The van der Waals surface area contributed by atoms with Gasteiger partial charge in [-0.2, -0.15) is 0 Å². The summed E-state index contributed by atoms with van der Waals surface area (Å²) in [5.74, 6) is -3.84. The molecule has 0 radical (unpaired) electrons. The summed E-state index contributed by atoms with van der Waals surface area (Å²) in [6.45, 7) is 3.07. The lowest BCUT2D eigenvalue weighted by Crippen LogP contribution is -2.32. The topological polar surface area (TPSA) is 201 Å². The maximum Gasteiger partial charge on any atom is 0.377 e. The average Bonchev–Trinajstić information content (AvgIpc) is 3.89. The number of carbonyl (C=O) groups excluding carboxylic acids is 5. The average molecular weight is 890 g/mol. The summed E-state index contributed by atoms with van der Waals surface area (Å²) in [6.07, 6.45) is 9.07. The SMILES string of the molecule is O=C(CCCNC(=O)C(=O)c1cn2c3c(cccc13)CCC2)NOCc1ccccc1.O=C(CCC[N-]Cl)NOCc1ccccc1.O=C(O)C(=O)c1cn2c3c(cccc13)CCC2. The quantitative estimate of drug-likeness (QED) is 0.0296. The molecule has 0 bridgehead atoms. The number of Topliss-reactive ketones (excluding diaryl/α,β-unsaturated/α-hetero) is 2. The van der Waals surface area contributed by atoms with Crippen LogP contribution in [0.2, 0.25) is 0 Å². The fourth-order valence-electron chi connectivity index (χ4n) is 7.59. The number of benzene rings is 4. The van der Waals surface area contributed by atoms with Gasteiger partial charge in [-0.25, -0.2) is 15.8 Å². The number of aliphatic carboxylic acids is 1. The Morgan fingerprint density at radius 1 is 0.625 bits per heavy atom. The summed E-state index contributed by atoms with van der Waals surface area (Å²) < 4.78 is 4.05. The smallest absolute Gasteiger partial charge is 0.377 e. The second-order valence-electron chi connectivity index (χ2n) is 15.2. The molecule has 4 aromatic carbocycles. The van der Waals surface area contributed by atoms with Crippen molar-refractivity contribution >= 4 is 68.8 Å². The monoisotopic (exact) mass is 889 g/mol. The van der Waals surface area contributed by atoms with Gasteiger partial charge in [0.25, 0.3) is 17.5 Å². The van der Waals surface area contributed by atoms with E-state index >= 15 is 0 Å². The number of carboxylic acids is 1. The zero-order valence-electron chi connectivity index (χ0n) is 35.2. The lowest BCUT2D eigenvalue weighted by atomic mass is 10.0. The van der Waals surface area contributed by atoms with E-state index in [1.165, 1.54) is 11.1 Å². The molecule has 16 heteroatoms. The molecule has 8 rings (SSSR count). The molecule has 0 fully saturated rings. The molecule has 6 aromatic rings. The van der Waals surface area contributed by atoms with Crippen molar-refractivity contribution in [2.75, 3.05) is 13.1 Å². The Kier molecular flexibility index (Phi) is 17.3. The van der Waals surface area contributed by atoms with Gasteiger partial charge in [-0.3, -0.25) is 45.4 Å². The molecule has 2 aliphatic heterocycles. The molecule has 15 nitrogen and oxygen atoms in total. The first kappa shape index (κ1) is 46.8. The summed E-state index contributed by atoms with van der Waals surface area (Å²) in [5, 5.41) is 13.0. The third kappa shape index (κ3) is 12.7. The maximum absolute atomic E-state index is 12.7. The predicted molar refractivity (Wildman–Crippen MR) is 241 cm³/mol. The first-order chi connectivity index (χ1) is 31.1. The van der Waals surface area contributed by atoms with Gasteiger partial charge in [0.05, 0.1) is 35.4 Å². The number of halogens is 1. The summed E-state index contributed by atoms with van der Waals surface area (Å²) >= 11 is 5.13. The highest BCUT2D eigenvalue weighted by Crippen LogP contribution is 2.31. The van der Waals surface area contributed by atoms with Gasteiger partial charge < -0.3 is 24.4 Å². The zero-order chi connectivity index (χ0) is 45.3. The van der Waals surface area contributed by atoms with Crippen molar-refractivity contribution in [1.29, 1.82) is 0 Å². The van der Waals surface area contributed by atoms with Crippen LogP contribution in [0.3, 0.4) is 0 Å². The van der Waals surface area contributed by atoms with E-state index in [1.807, 2.05) is 95.6 Å². The Labute approximate surface area is 375 Å². The van der Waals surface area contributed by atoms with Crippen molar-refractivity contribution in [3.8, 4) is 0 Å². The van der Waals surface area contributed by atoms with E-state index in [0.29, 0.717) is 43.5 Å². The Morgan fingerprint density at radius 2 is 1.11 bits per heavy atom. The van der Waals surface area contributed by atoms with Crippen LogP contribution in [0.1, 0.15) is 81.5 Å². The van der Waals surface area contributed by atoms with E-state index in [2.05, 4.69) is 31.7 Å². The number of aryl methyl sites for hydroxylation is 4. The zero-order valence-corrected chi connectivity index (χ0v) is 36.0. The Balaban J connectivity index is 0.000000174. The third-order valence-electron chi connectivity index (χ3n) is 10.6. The lowest BCUT2D eigenvalue weighted by Gasteiger charge is -2.14. The fraction of sp³-hybridized carbons (Fsp3) is 0.292. The van der Waals surface area contributed by atoms with Gasteiger partial charge in [0, 0.05) is 55.6 Å². The molecule has 4 N–H and O–H groups in total. The van der Waals surface area contributed by atoms with E-state index < -0.39 is 23.4 Å². The van der Waals surface area contributed by atoms with E-state index in [9.17, 15) is 28.8 Å². The molecular formula is C48H50ClN6O9-. The number of ketones is 2. The van der Waals surface area contributed by atoms with E-state index in [0.717, 1.165) is 71.7 Å². The molecular weight excluding hydrogens is 840 g/mol. The van der Waals surface area contributed by atoms with Gasteiger partial charge in [-0.05, 0) is 54.4 Å². The van der Waals surface area contributed by atoms with Gasteiger partial charge in [0.15, 0.2) is 0 Å². The molecule has 3 amide bonds. The number of nitrogens with one attached hydrogen (secondary N) is 3. The highest BCUT2D eigenvalue weighted by molar-refractivity contribution is 6.45. The summed E-state index contributed by atoms with van der Waals surface area (Å²) in [6, 6.07) is 30.8. The number of nitrogens with zero attached hydrogens (tertiary/aromatic N) is 3. The lowest BCUT2D eigenvalue weighted by molar-refractivity contribution is -0.135. The second kappa shape index (κ2) is 23.7. The van der Waals surface area contributed by atoms with Gasteiger partial charge in [0.1, 0.15) is 0 Å². The van der Waals surface area contributed by atoms with Crippen molar-refractivity contribution in [1.82, 2.24) is 25.4 Å². The van der Waals surface area contributed by atoms with E-state index in [4.69, 9.17) is 26.6 Å². The van der Waals surface area contributed by atoms with Crippen molar-refractivity contribution in [3.05, 3.63) is 148 Å². The standard InChI is InChI=1S/C24H25N3O4.C13H11NO3.C11H14ClN2O2/c28-21(26-31-16-17-7-2-1-3-8-17)12-5-13-25-24(30)23(29)20-15-27-14-6-10-18-9-4-11-19(20)22(18)27;15-12(13(16)17)10-7-14-6-2-4-8-3-1-5-9(10)11(8)14;12-13-8-4-7-11(15)14-16-9-10-5-2-1-3-6-10/h1-4,7-9,11,15H,5-6,10,12-14,16H2,(H,25,30)(H,26,28);1,3,5,7H,2,4,6H2,(H,16,17);1-3,5-6H,4,7-9H2,(H,14,15)/q;;-1. The minimum atomic E-state index is -1.39. The normalized spacial score (nSPS) is 12.3. The number of hydrogen-bond acceptors (Lipinski definition) is 8. The Morgan fingerprint density at radius 3 is 1.59 bits per heavy atom. The first-order valence-corrected chi connectivity index (χ1v) is 21.5. The Bertz CT molecular complexity index is 2570. The second-order valence-corrected chi connectivity index (χ2v) is 15.4. The van der Waals surface area contributed by atoms with Gasteiger partial charge in [-0.15, -0.1) is 6.54 Å². The molecule has 0 aliphatic carbocycles. The molecule has 0 saturated heterocycles. The number of hydrogen-bond donors (Lipinski definition) is 4. The number of hydroxylamine groups is 2. The van der Waals surface area contributed by atoms with Crippen molar-refractivity contribution in [3.63, 3.8) is 0 Å². The number of aromatic nitrogens is 2.